The molecule has 0 bridgehead atoms. The number of amides is 3. The van der Waals surface area contributed by atoms with Crippen molar-refractivity contribution in [3.63, 3.8) is 0 Å². The quantitative estimate of drug-likeness (QED) is 0.232. The number of nitrogens with zero attached hydrogens (tertiary/aromatic N) is 1. The highest BCUT2D eigenvalue weighted by Gasteiger charge is 2.37. The average molecular weight is 584 g/mol. The molecule has 226 valence electrons. The Morgan fingerprint density at radius 2 is 1.42 bits per heavy atom. The first-order valence-electron chi connectivity index (χ1n) is 14.7. The van der Waals surface area contributed by atoms with Gasteiger partial charge in [-0.25, -0.2) is 4.79 Å². The highest BCUT2D eigenvalue weighted by molar-refractivity contribution is 5.88. The van der Waals surface area contributed by atoms with E-state index in [1.165, 1.54) is 6.08 Å². The molecule has 3 aromatic rings. The van der Waals surface area contributed by atoms with Crippen LogP contribution < -0.4 is 10.6 Å². The molecule has 0 spiro atoms. The first-order valence-corrected chi connectivity index (χ1v) is 14.7. The van der Waals surface area contributed by atoms with Crippen LogP contribution >= 0.6 is 0 Å². The minimum absolute atomic E-state index is 0.0652. The summed E-state index contributed by atoms with van der Waals surface area (Å²) < 4.78 is 5.44. The number of ether oxygens (including phenoxy) is 1. The van der Waals surface area contributed by atoms with Gasteiger partial charge in [0.05, 0.1) is 12.1 Å². The van der Waals surface area contributed by atoms with Gasteiger partial charge in [0.1, 0.15) is 11.1 Å². The Morgan fingerprint density at radius 3 is 1.86 bits per heavy atom. The number of benzene rings is 3. The van der Waals surface area contributed by atoms with Crippen LogP contribution in [0.3, 0.4) is 0 Å². The second-order valence-corrected chi connectivity index (χ2v) is 11.8. The molecule has 4 rings (SSSR count). The third kappa shape index (κ3) is 8.55. The van der Waals surface area contributed by atoms with Crippen molar-refractivity contribution in [2.75, 3.05) is 13.1 Å². The van der Waals surface area contributed by atoms with Crippen molar-refractivity contribution in [2.45, 2.75) is 63.3 Å². The van der Waals surface area contributed by atoms with E-state index in [-0.39, 0.29) is 31.2 Å². The third-order valence-corrected chi connectivity index (χ3v) is 7.28. The fraction of sp³-hybridized carbons (Fsp3) is 0.343. The van der Waals surface area contributed by atoms with E-state index in [4.69, 9.17) is 4.74 Å². The Morgan fingerprint density at radius 1 is 0.907 bits per heavy atom. The van der Waals surface area contributed by atoms with Gasteiger partial charge in [0.15, 0.2) is 0 Å². The number of rotatable bonds is 10. The van der Waals surface area contributed by atoms with Gasteiger partial charge in [0.25, 0.3) is 0 Å². The van der Waals surface area contributed by atoms with Gasteiger partial charge in [-0.05, 0) is 50.3 Å². The topological polar surface area (TPSA) is 108 Å². The summed E-state index contributed by atoms with van der Waals surface area (Å²) >= 11 is 0. The van der Waals surface area contributed by atoms with Gasteiger partial charge in [-0.15, -0.1) is 0 Å². The van der Waals surface area contributed by atoms with Gasteiger partial charge >= 0.3 is 6.09 Å². The molecule has 8 heteroatoms. The zero-order chi connectivity index (χ0) is 30.9. The van der Waals surface area contributed by atoms with Crippen molar-refractivity contribution in [2.24, 2.45) is 0 Å². The maximum Gasteiger partial charge on any atom is 0.408 e. The second-order valence-electron chi connectivity index (χ2n) is 11.8. The van der Waals surface area contributed by atoms with Gasteiger partial charge in [0.2, 0.25) is 11.8 Å². The Balaban J connectivity index is 1.58. The van der Waals surface area contributed by atoms with Crippen LogP contribution in [0.15, 0.2) is 103 Å². The van der Waals surface area contributed by atoms with E-state index in [1.54, 1.807) is 31.7 Å². The number of likely N-dealkylation sites (tertiary alicyclic amines) is 1. The Labute approximate surface area is 253 Å². The van der Waals surface area contributed by atoms with E-state index in [0.717, 1.165) is 16.7 Å². The summed E-state index contributed by atoms with van der Waals surface area (Å²) in [5.74, 6) is -0.483. The number of hydrogen-bond donors (Lipinski definition) is 3. The molecule has 0 saturated carbocycles. The SMILES string of the molecule is CC(C)(C)OC(=O)N[C@H](/C=C/C(=O)N1CC[C@@H](O)C1)CCC(=O)NC(c1ccccc1)(c1ccccc1)c1ccccc1. The molecular formula is C35H41N3O5. The minimum atomic E-state index is -0.961. The summed E-state index contributed by atoms with van der Waals surface area (Å²) in [6, 6.07) is 28.8. The molecule has 0 aliphatic carbocycles. The molecule has 8 nitrogen and oxygen atoms in total. The Kier molecular flexibility index (Phi) is 10.4. The van der Waals surface area contributed by atoms with Crippen LogP contribution in [0.1, 0.15) is 56.7 Å². The number of carbonyl (C=O) groups is 3. The van der Waals surface area contributed by atoms with E-state index >= 15 is 0 Å². The Hall–Kier alpha value is -4.43. The van der Waals surface area contributed by atoms with Gasteiger partial charge in [-0.1, -0.05) is 97.1 Å². The zero-order valence-corrected chi connectivity index (χ0v) is 25.0. The number of carbonyl (C=O) groups excluding carboxylic acids is 3. The second kappa shape index (κ2) is 14.2. The fourth-order valence-electron chi connectivity index (χ4n) is 5.26. The molecule has 43 heavy (non-hydrogen) atoms. The zero-order valence-electron chi connectivity index (χ0n) is 25.0. The molecule has 2 atom stereocenters. The number of aliphatic hydroxyl groups excluding tert-OH is 1. The maximum atomic E-state index is 13.8. The molecule has 0 aromatic heterocycles. The van der Waals surface area contributed by atoms with Gasteiger partial charge in [0, 0.05) is 25.6 Å². The van der Waals surface area contributed by atoms with Crippen LogP contribution in [-0.4, -0.2) is 58.8 Å². The summed E-state index contributed by atoms with van der Waals surface area (Å²) in [6.07, 6.45) is 2.63. The summed E-state index contributed by atoms with van der Waals surface area (Å²) in [5.41, 5.74) is 1.04. The van der Waals surface area contributed by atoms with Crippen molar-refractivity contribution in [3.05, 3.63) is 120 Å². The van der Waals surface area contributed by atoms with Crippen molar-refractivity contribution in [1.29, 1.82) is 0 Å². The van der Waals surface area contributed by atoms with Gasteiger partial charge in [-0.2, -0.15) is 0 Å². The lowest BCUT2D eigenvalue weighted by atomic mass is 9.77. The lowest BCUT2D eigenvalue weighted by Crippen LogP contribution is -2.48. The van der Waals surface area contributed by atoms with Crippen molar-refractivity contribution >= 4 is 17.9 Å². The Bertz CT molecular complexity index is 1290. The summed E-state index contributed by atoms with van der Waals surface area (Å²) in [6.45, 7) is 6.05. The predicted octanol–water partition coefficient (Wildman–Crippen LogP) is 4.92. The van der Waals surface area contributed by atoms with Crippen LogP contribution in [0.5, 0.6) is 0 Å². The van der Waals surface area contributed by atoms with E-state index < -0.39 is 29.4 Å². The molecular weight excluding hydrogens is 542 g/mol. The van der Waals surface area contributed by atoms with Crippen molar-refractivity contribution in [3.8, 4) is 0 Å². The predicted molar refractivity (Wildman–Crippen MR) is 166 cm³/mol. The van der Waals surface area contributed by atoms with E-state index in [9.17, 15) is 19.5 Å². The summed E-state index contributed by atoms with van der Waals surface area (Å²) in [5, 5.41) is 15.9. The largest absolute Gasteiger partial charge is 0.444 e. The number of nitrogens with one attached hydrogen (secondary N) is 2. The van der Waals surface area contributed by atoms with Crippen LogP contribution in [0, 0.1) is 0 Å². The van der Waals surface area contributed by atoms with Crippen LogP contribution in [-0.2, 0) is 19.9 Å². The molecule has 1 heterocycles. The van der Waals surface area contributed by atoms with E-state index in [0.29, 0.717) is 13.0 Å². The number of aliphatic hydroxyl groups is 1. The van der Waals surface area contributed by atoms with E-state index in [1.807, 2.05) is 91.0 Å². The minimum Gasteiger partial charge on any atom is -0.444 e. The number of alkyl carbamates (subject to hydrolysis) is 1. The molecule has 1 fully saturated rings. The number of hydrogen-bond acceptors (Lipinski definition) is 5. The highest BCUT2D eigenvalue weighted by Crippen LogP contribution is 2.37. The van der Waals surface area contributed by atoms with Crippen LogP contribution in [0.4, 0.5) is 4.79 Å². The van der Waals surface area contributed by atoms with Crippen LogP contribution in [0.2, 0.25) is 0 Å². The van der Waals surface area contributed by atoms with E-state index in [2.05, 4.69) is 10.6 Å². The first-order chi connectivity index (χ1) is 20.6. The molecule has 0 unspecified atom stereocenters. The van der Waals surface area contributed by atoms with Gasteiger partial charge < -0.3 is 25.4 Å². The molecule has 3 aromatic carbocycles. The molecule has 0 radical (unpaired) electrons. The van der Waals surface area contributed by atoms with Crippen molar-refractivity contribution < 1.29 is 24.2 Å². The fourth-order valence-corrected chi connectivity index (χ4v) is 5.26. The molecule has 3 amide bonds. The molecule has 3 N–H and O–H groups in total. The third-order valence-electron chi connectivity index (χ3n) is 7.28. The lowest BCUT2D eigenvalue weighted by Gasteiger charge is -2.37. The first kappa shape index (κ1) is 31.5. The van der Waals surface area contributed by atoms with Gasteiger partial charge in [-0.3, -0.25) is 9.59 Å². The summed E-state index contributed by atoms with van der Waals surface area (Å²) in [7, 11) is 0. The monoisotopic (exact) mass is 583 g/mol. The van der Waals surface area contributed by atoms with Crippen LogP contribution in [0.25, 0.3) is 0 Å². The average Bonchev–Trinajstić information content (AvgIpc) is 3.44. The maximum absolute atomic E-state index is 13.8. The molecule has 1 saturated heterocycles. The number of β-amino-alcohol motifs (C(OH)–C–C–N with tert-alkyl or cyclic N) is 1. The normalized spacial score (nSPS) is 16.1. The molecule has 1 aliphatic heterocycles. The smallest absolute Gasteiger partial charge is 0.408 e. The lowest BCUT2D eigenvalue weighted by molar-refractivity contribution is -0.125. The van der Waals surface area contributed by atoms with Crippen molar-refractivity contribution in [1.82, 2.24) is 15.5 Å². The standard InChI is InChI=1S/C35H41N3O5/c1-34(2,3)43-33(42)36-29(20-22-32(41)38-24-23-30(39)25-38)19-21-31(40)37-35(26-13-7-4-8-14-26,27-15-9-5-10-16-27)28-17-11-6-12-18-28/h4-18,20,22,29-30,39H,19,21,23-25H2,1-3H3,(H,36,42)(H,37,40)/b22-20+/t29-,30+/m0/s1. The molecule has 1 aliphatic rings. The summed E-state index contributed by atoms with van der Waals surface area (Å²) in [4.78, 5) is 40.7. The highest BCUT2D eigenvalue weighted by atomic mass is 16.6.